The molecule has 0 radical (unpaired) electrons. The number of aromatic nitrogens is 2. The summed E-state index contributed by atoms with van der Waals surface area (Å²) >= 11 is 1.23. The standard InChI is InChI=1S/C23H26BN3O6S/c1-22(2)23(3,4)33-24(32-22)16-12-27(21-25-17(13-34-21)20(29)30)18-6-5-14(11-15(16)18)19(28)26-7-9-31-10-8-26/h5-6,11-13H,7-10H2,1-4H3,(H,29,30). The van der Waals surface area contributed by atoms with E-state index in [9.17, 15) is 14.7 Å². The highest BCUT2D eigenvalue weighted by Crippen LogP contribution is 2.37. The first-order chi connectivity index (χ1) is 16.1. The molecule has 1 amide bonds. The van der Waals surface area contributed by atoms with Crippen molar-refractivity contribution >= 4 is 46.7 Å². The Morgan fingerprint density at radius 1 is 1.12 bits per heavy atom. The van der Waals surface area contributed by atoms with Gasteiger partial charge in [0.05, 0.1) is 29.9 Å². The fourth-order valence-electron chi connectivity index (χ4n) is 4.13. The van der Waals surface area contributed by atoms with Gasteiger partial charge < -0.3 is 24.1 Å². The highest BCUT2D eigenvalue weighted by atomic mass is 32.1. The first kappa shape index (κ1) is 23.0. The summed E-state index contributed by atoms with van der Waals surface area (Å²) in [5.74, 6) is -1.14. The number of hydrogen-bond donors (Lipinski definition) is 1. The third-order valence-electron chi connectivity index (χ3n) is 6.80. The first-order valence-electron chi connectivity index (χ1n) is 11.1. The number of nitrogens with zero attached hydrogens (tertiary/aromatic N) is 3. The molecule has 2 aliphatic rings. The number of carboxylic acid groups (broad SMARTS) is 1. The van der Waals surface area contributed by atoms with Crippen molar-refractivity contribution in [2.45, 2.75) is 38.9 Å². The van der Waals surface area contributed by atoms with Crippen molar-refractivity contribution in [2.75, 3.05) is 26.3 Å². The van der Waals surface area contributed by atoms with Crippen LogP contribution >= 0.6 is 11.3 Å². The van der Waals surface area contributed by atoms with Crippen molar-refractivity contribution in [2.24, 2.45) is 0 Å². The number of amides is 1. The largest absolute Gasteiger partial charge is 0.497 e. The average molecular weight is 483 g/mol. The van der Waals surface area contributed by atoms with Crippen LogP contribution in [-0.2, 0) is 14.0 Å². The number of morpholine rings is 1. The number of benzene rings is 1. The molecule has 0 aliphatic carbocycles. The van der Waals surface area contributed by atoms with Gasteiger partial charge in [0.2, 0.25) is 0 Å². The summed E-state index contributed by atoms with van der Waals surface area (Å²) in [7, 11) is -0.651. The third kappa shape index (κ3) is 3.82. The molecule has 34 heavy (non-hydrogen) atoms. The number of fused-ring (bicyclic) bond motifs is 1. The smallest absolute Gasteiger partial charge is 0.476 e. The Morgan fingerprint density at radius 2 is 1.79 bits per heavy atom. The molecule has 1 N–H and O–H groups in total. The molecule has 5 rings (SSSR count). The second kappa shape index (κ2) is 8.19. The van der Waals surface area contributed by atoms with Gasteiger partial charge in [0.1, 0.15) is 0 Å². The van der Waals surface area contributed by atoms with E-state index >= 15 is 0 Å². The van der Waals surface area contributed by atoms with E-state index in [-0.39, 0.29) is 11.6 Å². The average Bonchev–Trinajstić information content (AvgIpc) is 3.48. The maximum absolute atomic E-state index is 13.2. The number of thiazole rings is 1. The Morgan fingerprint density at radius 3 is 2.41 bits per heavy atom. The molecular formula is C23H26BN3O6S. The maximum atomic E-state index is 13.2. The number of carboxylic acids is 1. The van der Waals surface area contributed by atoms with E-state index in [0.29, 0.717) is 37.0 Å². The zero-order valence-corrected chi connectivity index (χ0v) is 20.3. The van der Waals surface area contributed by atoms with Crippen LogP contribution in [0.3, 0.4) is 0 Å². The topological polar surface area (TPSA) is 103 Å². The lowest BCUT2D eigenvalue weighted by molar-refractivity contribution is 0.00578. The first-order valence-corrected chi connectivity index (χ1v) is 12.0. The van der Waals surface area contributed by atoms with E-state index in [2.05, 4.69) is 4.98 Å². The van der Waals surface area contributed by atoms with E-state index in [0.717, 1.165) is 16.4 Å². The number of aromatic carboxylic acids is 1. The van der Waals surface area contributed by atoms with E-state index < -0.39 is 24.3 Å². The molecule has 1 aromatic carbocycles. The summed E-state index contributed by atoms with van der Waals surface area (Å²) in [6.07, 6.45) is 1.86. The SMILES string of the molecule is CC1(C)OB(c2cn(-c3nc(C(=O)O)cs3)c3ccc(C(=O)N4CCOCC4)cc23)OC1(C)C. The highest BCUT2D eigenvalue weighted by Gasteiger charge is 2.52. The van der Waals surface area contributed by atoms with Crippen molar-refractivity contribution in [1.82, 2.24) is 14.5 Å². The fraction of sp³-hybridized carbons (Fsp3) is 0.435. The van der Waals surface area contributed by atoms with Crippen LogP contribution in [0.1, 0.15) is 48.5 Å². The van der Waals surface area contributed by atoms with Gasteiger partial charge in [-0.1, -0.05) is 0 Å². The maximum Gasteiger partial charge on any atom is 0.497 e. The van der Waals surface area contributed by atoms with Gasteiger partial charge in [0.15, 0.2) is 10.8 Å². The second-order valence-electron chi connectivity index (χ2n) is 9.50. The summed E-state index contributed by atoms with van der Waals surface area (Å²) in [4.78, 5) is 30.6. The van der Waals surface area contributed by atoms with Crippen molar-refractivity contribution in [3.8, 4) is 5.13 Å². The highest BCUT2D eigenvalue weighted by molar-refractivity contribution is 7.12. The Bertz CT molecular complexity index is 1260. The van der Waals surface area contributed by atoms with Crippen LogP contribution < -0.4 is 5.46 Å². The number of hydrogen-bond acceptors (Lipinski definition) is 7. The number of ether oxygens (including phenoxy) is 1. The molecule has 2 aliphatic heterocycles. The van der Waals surface area contributed by atoms with E-state index in [1.807, 2.05) is 50.6 Å². The van der Waals surface area contributed by atoms with Gasteiger partial charge in [-0.15, -0.1) is 11.3 Å². The molecule has 0 saturated carbocycles. The lowest BCUT2D eigenvalue weighted by Gasteiger charge is -2.32. The predicted molar refractivity (Wildman–Crippen MR) is 128 cm³/mol. The van der Waals surface area contributed by atoms with Crippen LogP contribution in [0.25, 0.3) is 16.0 Å². The van der Waals surface area contributed by atoms with Gasteiger partial charge in [-0.05, 0) is 45.9 Å². The lowest BCUT2D eigenvalue weighted by Crippen LogP contribution is -2.41. The van der Waals surface area contributed by atoms with Crippen LogP contribution in [0.5, 0.6) is 0 Å². The minimum absolute atomic E-state index is 0.0156. The molecule has 3 aromatic rings. The summed E-state index contributed by atoms with van der Waals surface area (Å²) in [6, 6.07) is 5.51. The molecule has 0 atom stereocenters. The van der Waals surface area contributed by atoms with Crippen LogP contribution in [0.2, 0.25) is 0 Å². The van der Waals surface area contributed by atoms with Crippen LogP contribution in [0.4, 0.5) is 0 Å². The molecule has 4 heterocycles. The van der Waals surface area contributed by atoms with Gasteiger partial charge in [-0.2, -0.15) is 0 Å². The van der Waals surface area contributed by atoms with Crippen molar-refractivity contribution in [1.29, 1.82) is 0 Å². The summed E-state index contributed by atoms with van der Waals surface area (Å²) in [5.41, 5.74) is 1.02. The van der Waals surface area contributed by atoms with E-state index in [1.165, 1.54) is 16.7 Å². The molecule has 2 aromatic heterocycles. The normalized spacial score (nSPS) is 19.6. The Labute approximate surface area is 201 Å². The summed E-state index contributed by atoms with van der Waals surface area (Å²) in [6.45, 7) is 10.1. The zero-order chi connectivity index (χ0) is 24.3. The molecule has 2 saturated heterocycles. The Kier molecular flexibility index (Phi) is 5.55. The lowest BCUT2D eigenvalue weighted by atomic mass is 9.78. The molecule has 9 nitrogen and oxygen atoms in total. The minimum Gasteiger partial charge on any atom is -0.476 e. The van der Waals surface area contributed by atoms with Gasteiger partial charge >= 0.3 is 13.1 Å². The fourth-order valence-corrected chi connectivity index (χ4v) is 4.91. The predicted octanol–water partition coefficient (Wildman–Crippen LogP) is 2.56. The van der Waals surface area contributed by atoms with E-state index in [1.54, 1.807) is 11.0 Å². The second-order valence-corrected chi connectivity index (χ2v) is 10.3. The number of carbonyl (C=O) groups excluding carboxylic acids is 1. The Hall–Kier alpha value is -2.73. The molecule has 0 bridgehead atoms. The third-order valence-corrected chi connectivity index (χ3v) is 7.64. The molecule has 0 spiro atoms. The molecule has 178 valence electrons. The molecule has 0 unspecified atom stereocenters. The summed E-state index contributed by atoms with van der Waals surface area (Å²) in [5, 5.41) is 12.1. The number of rotatable bonds is 4. The molecule has 11 heteroatoms. The monoisotopic (exact) mass is 483 g/mol. The van der Waals surface area contributed by atoms with Crippen molar-refractivity contribution in [3.05, 3.63) is 41.0 Å². The van der Waals surface area contributed by atoms with Gasteiger partial charge in [0, 0.05) is 41.1 Å². The number of carbonyl (C=O) groups is 2. The van der Waals surface area contributed by atoms with Gasteiger partial charge in [-0.3, -0.25) is 9.36 Å². The summed E-state index contributed by atoms with van der Waals surface area (Å²) < 4.78 is 19.8. The quantitative estimate of drug-likeness (QED) is 0.569. The van der Waals surface area contributed by atoms with Crippen molar-refractivity contribution in [3.63, 3.8) is 0 Å². The van der Waals surface area contributed by atoms with Gasteiger partial charge in [-0.25, -0.2) is 9.78 Å². The minimum atomic E-state index is -1.08. The van der Waals surface area contributed by atoms with Gasteiger partial charge in [0.25, 0.3) is 5.91 Å². The molecular weight excluding hydrogens is 457 g/mol. The zero-order valence-electron chi connectivity index (χ0n) is 19.5. The van der Waals surface area contributed by atoms with Crippen LogP contribution in [0, 0.1) is 0 Å². The Balaban J connectivity index is 1.62. The van der Waals surface area contributed by atoms with Crippen LogP contribution in [0.15, 0.2) is 29.8 Å². The molecule has 2 fully saturated rings. The van der Waals surface area contributed by atoms with Crippen molar-refractivity contribution < 1.29 is 28.7 Å². The van der Waals surface area contributed by atoms with Crippen LogP contribution in [-0.4, -0.2) is 76.1 Å². The van der Waals surface area contributed by atoms with E-state index in [4.69, 9.17) is 14.0 Å².